The molecule has 0 saturated heterocycles. The van der Waals surface area contributed by atoms with Gasteiger partial charge in [-0.3, -0.25) is 9.78 Å². The minimum atomic E-state index is -1.36. The summed E-state index contributed by atoms with van der Waals surface area (Å²) in [5.74, 6) is -3.06. The number of fused-ring (bicyclic) bond motifs is 2. The van der Waals surface area contributed by atoms with Crippen LogP contribution in [0, 0.1) is 11.6 Å². The van der Waals surface area contributed by atoms with Crippen molar-refractivity contribution in [1.82, 2.24) is 14.5 Å². The molecule has 2 aromatic carbocycles. The number of aromatic carboxylic acids is 1. The maximum atomic E-state index is 15.1. The van der Waals surface area contributed by atoms with Crippen LogP contribution in [0.15, 0.2) is 57.7 Å². The van der Waals surface area contributed by atoms with Gasteiger partial charge in [-0.1, -0.05) is 6.07 Å². The van der Waals surface area contributed by atoms with Gasteiger partial charge in [0.1, 0.15) is 17.3 Å². The van der Waals surface area contributed by atoms with Gasteiger partial charge in [0.25, 0.3) is 5.56 Å². The first-order valence-corrected chi connectivity index (χ1v) is 11.2. The Morgan fingerprint density at radius 3 is 2.72 bits per heavy atom. The topological polar surface area (TPSA) is 124 Å². The van der Waals surface area contributed by atoms with Gasteiger partial charge in [-0.2, -0.15) is 0 Å². The van der Waals surface area contributed by atoms with E-state index in [2.05, 4.69) is 9.97 Å². The summed E-state index contributed by atoms with van der Waals surface area (Å²) in [4.78, 5) is 43.4. The van der Waals surface area contributed by atoms with E-state index in [9.17, 15) is 23.9 Å². The molecule has 5 rings (SSSR count). The second kappa shape index (κ2) is 8.89. The van der Waals surface area contributed by atoms with Gasteiger partial charge < -0.3 is 19.6 Å². The van der Waals surface area contributed by atoms with E-state index in [0.29, 0.717) is 9.95 Å². The maximum Gasteiger partial charge on any atom is 0.346 e. The predicted octanol–water partition coefficient (Wildman–Crippen LogP) is 3.85. The monoisotopic (exact) mass is 511 g/mol. The third-order valence-electron chi connectivity index (χ3n) is 5.57. The Bertz CT molecular complexity index is 1790. The summed E-state index contributed by atoms with van der Waals surface area (Å²) in [7, 11) is 1.26. The summed E-state index contributed by atoms with van der Waals surface area (Å²) in [5.41, 5.74) is -2.29. The summed E-state index contributed by atoms with van der Waals surface area (Å²) in [5, 5.41) is 11.7. The number of ether oxygens (including phenoxy) is 2. The normalized spacial score (nSPS) is 11.2. The zero-order valence-electron chi connectivity index (χ0n) is 18.4. The fourth-order valence-corrected chi connectivity index (χ4v) is 4.70. The van der Waals surface area contributed by atoms with Crippen LogP contribution >= 0.6 is 11.3 Å². The molecule has 36 heavy (non-hydrogen) atoms. The Hall–Kier alpha value is -4.58. The maximum absolute atomic E-state index is 15.1. The van der Waals surface area contributed by atoms with E-state index in [1.54, 1.807) is 18.3 Å². The molecule has 0 unspecified atom stereocenters. The molecular weight excluding hydrogens is 496 g/mol. The highest BCUT2D eigenvalue weighted by atomic mass is 32.1. The molecule has 0 fully saturated rings. The van der Waals surface area contributed by atoms with Gasteiger partial charge >= 0.3 is 11.7 Å². The fourth-order valence-electron chi connectivity index (χ4n) is 3.87. The lowest BCUT2D eigenvalue weighted by molar-refractivity contribution is 0.0704. The highest BCUT2D eigenvalue weighted by Crippen LogP contribution is 2.33. The molecule has 5 aromatic rings. The van der Waals surface area contributed by atoms with E-state index in [1.165, 1.54) is 24.8 Å². The van der Waals surface area contributed by atoms with Crippen molar-refractivity contribution >= 4 is 39.0 Å². The van der Waals surface area contributed by atoms with Crippen molar-refractivity contribution in [1.29, 1.82) is 0 Å². The van der Waals surface area contributed by atoms with Crippen LogP contribution in [0.2, 0.25) is 0 Å². The number of halogens is 2. The van der Waals surface area contributed by atoms with Crippen LogP contribution in [0.1, 0.15) is 15.2 Å². The van der Waals surface area contributed by atoms with Crippen LogP contribution in [0.3, 0.4) is 0 Å². The molecule has 0 aliphatic heterocycles. The molecule has 0 spiro atoms. The molecule has 12 heteroatoms. The van der Waals surface area contributed by atoms with Crippen molar-refractivity contribution in [2.24, 2.45) is 0 Å². The number of rotatable bonds is 6. The fraction of sp³-hybridized carbons (Fsp3) is 0.0833. The number of H-pyrrole nitrogens is 1. The van der Waals surface area contributed by atoms with E-state index >= 15 is 4.39 Å². The molecule has 0 aliphatic carbocycles. The Morgan fingerprint density at radius 2 is 1.97 bits per heavy atom. The average Bonchev–Trinajstić information content (AvgIpc) is 3.29. The van der Waals surface area contributed by atoms with E-state index in [1.807, 2.05) is 0 Å². The van der Waals surface area contributed by atoms with Crippen LogP contribution in [0.25, 0.3) is 27.4 Å². The Kier molecular flexibility index (Phi) is 5.72. The third kappa shape index (κ3) is 3.77. The number of carboxylic acids is 1. The van der Waals surface area contributed by atoms with Crippen molar-refractivity contribution < 1.29 is 28.2 Å². The van der Waals surface area contributed by atoms with Gasteiger partial charge in [-0.05, 0) is 17.5 Å². The average molecular weight is 511 g/mol. The van der Waals surface area contributed by atoms with E-state index in [0.717, 1.165) is 28.9 Å². The van der Waals surface area contributed by atoms with Crippen LogP contribution in [0.4, 0.5) is 8.78 Å². The summed E-state index contributed by atoms with van der Waals surface area (Å²) >= 11 is 0.757. The number of nitrogens with zero attached hydrogens (tertiary/aromatic N) is 2. The number of carbonyl (C=O) groups is 1. The lowest BCUT2D eigenvalue weighted by atomic mass is 10.1. The predicted molar refractivity (Wildman–Crippen MR) is 128 cm³/mol. The zero-order chi connectivity index (χ0) is 25.6. The molecule has 0 bridgehead atoms. The highest BCUT2D eigenvalue weighted by Gasteiger charge is 2.22. The number of hydrogen-bond donors (Lipinski definition) is 2. The van der Waals surface area contributed by atoms with Crippen LogP contribution in [0.5, 0.6) is 11.5 Å². The summed E-state index contributed by atoms with van der Waals surface area (Å²) in [6, 6.07) is 6.55. The number of pyridine rings is 1. The first-order chi connectivity index (χ1) is 17.3. The van der Waals surface area contributed by atoms with Gasteiger partial charge in [0.2, 0.25) is 0 Å². The lowest BCUT2D eigenvalue weighted by Crippen LogP contribution is -2.34. The number of thiophene rings is 1. The molecular formula is C24H15F2N3O6S. The van der Waals surface area contributed by atoms with Crippen molar-refractivity contribution in [2.45, 2.75) is 6.61 Å². The number of methoxy groups -OCH3 is 1. The van der Waals surface area contributed by atoms with Gasteiger partial charge in [0.05, 0.1) is 23.7 Å². The van der Waals surface area contributed by atoms with Crippen molar-refractivity contribution in [3.8, 4) is 17.2 Å². The first-order valence-electron chi connectivity index (χ1n) is 10.3. The molecule has 3 heterocycles. The minimum absolute atomic E-state index is 0.0223. The third-order valence-corrected chi connectivity index (χ3v) is 6.54. The number of nitrogens with one attached hydrogen (secondary N) is 1. The van der Waals surface area contributed by atoms with Crippen molar-refractivity contribution in [3.05, 3.63) is 91.0 Å². The molecule has 0 amide bonds. The summed E-state index contributed by atoms with van der Waals surface area (Å²) in [6.45, 7) is -0.297. The molecule has 0 saturated carbocycles. The van der Waals surface area contributed by atoms with Crippen molar-refractivity contribution in [3.63, 3.8) is 0 Å². The smallest absolute Gasteiger partial charge is 0.346 e. The van der Waals surface area contributed by atoms with E-state index in [4.69, 9.17) is 9.47 Å². The van der Waals surface area contributed by atoms with Gasteiger partial charge in [0.15, 0.2) is 17.3 Å². The standard InChI is InChI=1S/C24H15F2N3O6S/c1-34-18-6-15(26)17(29-22(30)20-16(28-24(29)33)10-36-21(20)23(31)32)7-19(18)35-9-13-12-8-27-5-4-11(12)2-3-14(13)25/h2-8,10H,9H2,1H3,(H,28,33)(H,31,32). The van der Waals surface area contributed by atoms with Gasteiger partial charge in [-0.25, -0.2) is 22.9 Å². The number of aromatic amines is 1. The minimum Gasteiger partial charge on any atom is -0.493 e. The number of hydrogen-bond acceptors (Lipinski definition) is 7. The van der Waals surface area contributed by atoms with E-state index < -0.39 is 34.5 Å². The number of aromatic nitrogens is 3. The molecule has 0 radical (unpaired) electrons. The second-order valence-electron chi connectivity index (χ2n) is 7.60. The van der Waals surface area contributed by atoms with Crippen LogP contribution in [-0.2, 0) is 6.61 Å². The second-order valence-corrected chi connectivity index (χ2v) is 8.47. The Morgan fingerprint density at radius 1 is 1.17 bits per heavy atom. The first kappa shape index (κ1) is 23.2. The molecule has 0 atom stereocenters. The zero-order valence-corrected chi connectivity index (χ0v) is 19.2. The van der Waals surface area contributed by atoms with Crippen LogP contribution < -0.4 is 20.7 Å². The quantitative estimate of drug-likeness (QED) is 0.355. The SMILES string of the molecule is COc1cc(F)c(-n2c(=O)[nH]c3csc(C(=O)O)c3c2=O)cc1OCc1c(F)ccc2ccncc12. The molecule has 3 aromatic heterocycles. The van der Waals surface area contributed by atoms with Crippen molar-refractivity contribution in [2.75, 3.05) is 7.11 Å². The molecule has 182 valence electrons. The molecule has 9 nitrogen and oxygen atoms in total. The van der Waals surface area contributed by atoms with E-state index in [-0.39, 0.29) is 39.4 Å². The highest BCUT2D eigenvalue weighted by molar-refractivity contribution is 7.13. The van der Waals surface area contributed by atoms with Gasteiger partial charge in [0, 0.05) is 40.9 Å². The molecule has 2 N–H and O–H groups in total. The summed E-state index contributed by atoms with van der Waals surface area (Å²) in [6.07, 6.45) is 3.05. The molecule has 0 aliphatic rings. The van der Waals surface area contributed by atoms with Gasteiger partial charge in [-0.15, -0.1) is 11.3 Å². The lowest BCUT2D eigenvalue weighted by Gasteiger charge is -2.15. The summed E-state index contributed by atoms with van der Waals surface area (Å²) < 4.78 is 41.1. The number of benzene rings is 2. The Labute approximate surface area is 203 Å². The van der Waals surface area contributed by atoms with Crippen LogP contribution in [-0.4, -0.2) is 32.7 Å². The number of carboxylic acid groups (broad SMARTS) is 1. The largest absolute Gasteiger partial charge is 0.493 e. The Balaban J connectivity index is 1.64.